The number of ketones is 1. The number of hydrogen-bond donors (Lipinski definition) is 0. The predicted molar refractivity (Wildman–Crippen MR) is 69.7 cm³/mol. The lowest BCUT2D eigenvalue weighted by Crippen LogP contribution is -2.48. The van der Waals surface area contributed by atoms with Crippen LogP contribution in [0.15, 0.2) is 18.2 Å². The van der Waals surface area contributed by atoms with Gasteiger partial charge in [-0.25, -0.2) is 4.39 Å². The highest BCUT2D eigenvalue weighted by Gasteiger charge is 2.35. The van der Waals surface area contributed by atoms with Gasteiger partial charge in [-0.3, -0.25) is 9.69 Å². The molecule has 0 radical (unpaired) electrons. The van der Waals surface area contributed by atoms with Crippen molar-refractivity contribution < 1.29 is 13.9 Å². The Labute approximate surface area is 108 Å². The number of halogens is 1. The van der Waals surface area contributed by atoms with Crippen molar-refractivity contribution in [1.82, 2.24) is 4.90 Å². The molecular formula is C14H20FNO2. The standard InChI is InChI=1S/C14H20FNO2/c1-6-14(2,16(3)4)13(17)11-8-7-10(18-5)9-12(11)15/h7-9H,6H2,1-5H3. The first-order valence-electron chi connectivity index (χ1n) is 5.92. The zero-order valence-corrected chi connectivity index (χ0v) is 11.6. The molecule has 18 heavy (non-hydrogen) atoms. The molecular weight excluding hydrogens is 233 g/mol. The highest BCUT2D eigenvalue weighted by Crippen LogP contribution is 2.25. The fourth-order valence-corrected chi connectivity index (χ4v) is 1.78. The second-order valence-corrected chi connectivity index (χ2v) is 4.70. The summed E-state index contributed by atoms with van der Waals surface area (Å²) in [5.41, 5.74) is -0.594. The van der Waals surface area contributed by atoms with Crippen molar-refractivity contribution in [3.63, 3.8) is 0 Å². The molecule has 1 aromatic rings. The molecule has 0 aliphatic heterocycles. The summed E-state index contributed by atoms with van der Waals surface area (Å²) in [6.07, 6.45) is 0.615. The third kappa shape index (κ3) is 2.53. The average molecular weight is 253 g/mol. The van der Waals surface area contributed by atoms with Crippen molar-refractivity contribution >= 4 is 5.78 Å². The fraction of sp³-hybridized carbons (Fsp3) is 0.500. The zero-order chi connectivity index (χ0) is 13.9. The van der Waals surface area contributed by atoms with Crippen LogP contribution >= 0.6 is 0 Å². The summed E-state index contributed by atoms with van der Waals surface area (Å²) in [7, 11) is 5.11. The Morgan fingerprint density at radius 2 is 2.06 bits per heavy atom. The number of hydrogen-bond acceptors (Lipinski definition) is 3. The third-order valence-corrected chi connectivity index (χ3v) is 3.59. The van der Waals surface area contributed by atoms with E-state index in [1.807, 2.05) is 32.8 Å². The molecule has 0 spiro atoms. The highest BCUT2D eigenvalue weighted by molar-refractivity contribution is 6.03. The molecule has 0 amide bonds. The summed E-state index contributed by atoms with van der Waals surface area (Å²) >= 11 is 0. The Balaban J connectivity index is 3.18. The average Bonchev–Trinajstić information content (AvgIpc) is 2.36. The summed E-state index contributed by atoms with van der Waals surface area (Å²) < 4.78 is 18.8. The third-order valence-electron chi connectivity index (χ3n) is 3.59. The van der Waals surface area contributed by atoms with Crippen LogP contribution in [-0.2, 0) is 0 Å². The van der Waals surface area contributed by atoms with Crippen molar-refractivity contribution in [1.29, 1.82) is 0 Å². The van der Waals surface area contributed by atoms with Crippen LogP contribution < -0.4 is 4.74 Å². The van der Waals surface area contributed by atoms with Crippen molar-refractivity contribution in [3.8, 4) is 5.75 Å². The topological polar surface area (TPSA) is 29.5 Å². The Hall–Kier alpha value is -1.42. The van der Waals surface area contributed by atoms with Gasteiger partial charge in [0, 0.05) is 6.07 Å². The number of likely N-dealkylation sites (N-methyl/N-ethyl adjacent to an activating group) is 1. The number of carbonyl (C=O) groups is 1. The van der Waals surface area contributed by atoms with Gasteiger partial charge in [-0.1, -0.05) is 6.92 Å². The highest BCUT2D eigenvalue weighted by atomic mass is 19.1. The summed E-state index contributed by atoms with van der Waals surface area (Å²) in [5.74, 6) is -0.344. The van der Waals surface area contributed by atoms with Crippen LogP contribution in [-0.4, -0.2) is 37.4 Å². The lowest BCUT2D eigenvalue weighted by molar-refractivity contribution is 0.0706. The second-order valence-electron chi connectivity index (χ2n) is 4.70. The van der Waals surface area contributed by atoms with Crippen LogP contribution in [0.25, 0.3) is 0 Å². The number of Topliss-reactive ketones (excluding diaryl/α,β-unsaturated/α-hetero) is 1. The van der Waals surface area contributed by atoms with Gasteiger partial charge in [0.05, 0.1) is 18.2 Å². The maximum atomic E-state index is 13.9. The van der Waals surface area contributed by atoms with Gasteiger partial charge in [0.2, 0.25) is 0 Å². The van der Waals surface area contributed by atoms with E-state index in [9.17, 15) is 9.18 Å². The number of rotatable bonds is 5. The maximum Gasteiger partial charge on any atom is 0.185 e. The second kappa shape index (κ2) is 5.48. The molecule has 100 valence electrons. The lowest BCUT2D eigenvalue weighted by Gasteiger charge is -2.34. The Morgan fingerprint density at radius 1 is 1.44 bits per heavy atom. The molecule has 0 N–H and O–H groups in total. The molecule has 4 heteroatoms. The first-order valence-corrected chi connectivity index (χ1v) is 5.92. The minimum atomic E-state index is -0.699. The molecule has 0 fully saturated rings. The molecule has 0 aliphatic carbocycles. The van der Waals surface area contributed by atoms with E-state index >= 15 is 0 Å². The Bertz CT molecular complexity index is 445. The molecule has 0 heterocycles. The van der Waals surface area contributed by atoms with E-state index in [2.05, 4.69) is 0 Å². The van der Waals surface area contributed by atoms with Gasteiger partial charge in [-0.2, -0.15) is 0 Å². The molecule has 0 bridgehead atoms. The SMILES string of the molecule is CCC(C)(C(=O)c1ccc(OC)cc1F)N(C)C. The molecule has 0 aromatic heterocycles. The van der Waals surface area contributed by atoms with Crippen molar-refractivity contribution in [2.45, 2.75) is 25.8 Å². The van der Waals surface area contributed by atoms with Gasteiger partial charge < -0.3 is 4.74 Å². The van der Waals surface area contributed by atoms with Crippen LogP contribution in [0.1, 0.15) is 30.6 Å². The van der Waals surface area contributed by atoms with E-state index < -0.39 is 11.4 Å². The summed E-state index contributed by atoms with van der Waals surface area (Å²) in [6.45, 7) is 3.73. The summed E-state index contributed by atoms with van der Waals surface area (Å²) in [4.78, 5) is 14.3. The minimum Gasteiger partial charge on any atom is -0.497 e. The van der Waals surface area contributed by atoms with Crippen molar-refractivity contribution in [2.75, 3.05) is 21.2 Å². The van der Waals surface area contributed by atoms with Crippen molar-refractivity contribution in [3.05, 3.63) is 29.6 Å². The van der Waals surface area contributed by atoms with Crippen LogP contribution in [0.3, 0.4) is 0 Å². The van der Waals surface area contributed by atoms with E-state index in [0.717, 1.165) is 0 Å². The molecule has 0 aliphatic rings. The number of methoxy groups -OCH3 is 1. The van der Waals surface area contributed by atoms with Gasteiger partial charge in [0.1, 0.15) is 11.6 Å². The summed E-state index contributed by atoms with van der Waals surface area (Å²) in [6, 6.07) is 4.31. The first kappa shape index (κ1) is 14.6. The largest absolute Gasteiger partial charge is 0.497 e. The predicted octanol–water partition coefficient (Wildman–Crippen LogP) is 2.75. The molecule has 1 unspecified atom stereocenters. The van der Waals surface area contributed by atoms with E-state index in [-0.39, 0.29) is 11.3 Å². The lowest BCUT2D eigenvalue weighted by atomic mass is 9.87. The first-order chi connectivity index (χ1) is 8.36. The van der Waals surface area contributed by atoms with E-state index in [4.69, 9.17) is 4.74 Å². The number of nitrogens with zero attached hydrogens (tertiary/aromatic N) is 1. The van der Waals surface area contributed by atoms with E-state index in [1.54, 1.807) is 6.07 Å². The molecule has 0 saturated carbocycles. The van der Waals surface area contributed by atoms with Gasteiger partial charge in [-0.15, -0.1) is 0 Å². The maximum absolute atomic E-state index is 13.9. The van der Waals surface area contributed by atoms with Crippen LogP contribution in [0.2, 0.25) is 0 Å². The molecule has 0 saturated heterocycles. The zero-order valence-electron chi connectivity index (χ0n) is 11.6. The van der Waals surface area contributed by atoms with Gasteiger partial charge >= 0.3 is 0 Å². The molecule has 1 aromatic carbocycles. The Morgan fingerprint density at radius 3 is 2.44 bits per heavy atom. The van der Waals surface area contributed by atoms with Gasteiger partial charge in [-0.05, 0) is 39.6 Å². The van der Waals surface area contributed by atoms with Crippen LogP contribution in [0.5, 0.6) is 5.75 Å². The smallest absolute Gasteiger partial charge is 0.185 e. The molecule has 1 rings (SSSR count). The summed E-state index contributed by atoms with van der Waals surface area (Å²) in [5, 5.41) is 0. The number of ether oxygens (including phenoxy) is 1. The monoisotopic (exact) mass is 253 g/mol. The number of carbonyl (C=O) groups excluding carboxylic acids is 1. The number of benzene rings is 1. The normalized spacial score (nSPS) is 14.4. The quantitative estimate of drug-likeness (QED) is 0.756. The van der Waals surface area contributed by atoms with Crippen molar-refractivity contribution in [2.24, 2.45) is 0 Å². The fourth-order valence-electron chi connectivity index (χ4n) is 1.78. The molecule has 1 atom stereocenters. The van der Waals surface area contributed by atoms with Crippen LogP contribution in [0, 0.1) is 5.82 Å². The molecule has 3 nitrogen and oxygen atoms in total. The van der Waals surface area contributed by atoms with Crippen LogP contribution in [0.4, 0.5) is 4.39 Å². The van der Waals surface area contributed by atoms with Gasteiger partial charge in [0.15, 0.2) is 5.78 Å². The van der Waals surface area contributed by atoms with Gasteiger partial charge in [0.25, 0.3) is 0 Å². The van der Waals surface area contributed by atoms with E-state index in [1.165, 1.54) is 19.2 Å². The van der Waals surface area contributed by atoms with E-state index in [0.29, 0.717) is 12.2 Å². The Kier molecular flexibility index (Phi) is 4.46. The minimum absolute atomic E-state index is 0.105.